The molecular weight excluding hydrogens is 298 g/mol. The van der Waals surface area contributed by atoms with Gasteiger partial charge in [0.05, 0.1) is 0 Å². The molecule has 0 radical (unpaired) electrons. The van der Waals surface area contributed by atoms with Crippen LogP contribution in [0.1, 0.15) is 0 Å². The standard InChI is InChI=1S/C19H21N5/c1-23-11-13-24(14-12-23)18-8-7-17(15-5-2-3-6-16(15)18)22-19-20-9-4-10-21-19/h2-10H,11-14H2,1H3,(H,20,21,22). The van der Waals surface area contributed by atoms with Gasteiger partial charge in [0.25, 0.3) is 0 Å². The normalized spacial score (nSPS) is 15.6. The zero-order valence-electron chi connectivity index (χ0n) is 13.8. The Kier molecular flexibility index (Phi) is 4.01. The molecule has 122 valence electrons. The van der Waals surface area contributed by atoms with E-state index in [2.05, 4.69) is 68.5 Å². The van der Waals surface area contributed by atoms with Crippen molar-refractivity contribution in [2.75, 3.05) is 43.4 Å². The minimum Gasteiger partial charge on any atom is -0.368 e. The Hall–Kier alpha value is -2.66. The summed E-state index contributed by atoms with van der Waals surface area (Å²) in [5.41, 5.74) is 2.34. The Morgan fingerprint density at radius 2 is 1.54 bits per heavy atom. The first-order valence-corrected chi connectivity index (χ1v) is 8.30. The van der Waals surface area contributed by atoms with Gasteiger partial charge in [-0.15, -0.1) is 0 Å². The number of benzene rings is 2. The van der Waals surface area contributed by atoms with Crippen molar-refractivity contribution in [2.45, 2.75) is 0 Å². The second-order valence-electron chi connectivity index (χ2n) is 6.17. The van der Waals surface area contributed by atoms with Gasteiger partial charge in [-0.1, -0.05) is 24.3 Å². The summed E-state index contributed by atoms with van der Waals surface area (Å²) in [5.74, 6) is 0.620. The number of anilines is 3. The van der Waals surface area contributed by atoms with E-state index in [1.165, 1.54) is 16.5 Å². The molecular formula is C19H21N5. The van der Waals surface area contributed by atoms with Crippen LogP contribution in [0.5, 0.6) is 0 Å². The highest BCUT2D eigenvalue weighted by Gasteiger charge is 2.17. The van der Waals surface area contributed by atoms with Gasteiger partial charge in [-0.2, -0.15) is 0 Å². The fourth-order valence-corrected chi connectivity index (χ4v) is 3.20. The lowest BCUT2D eigenvalue weighted by atomic mass is 10.1. The maximum atomic E-state index is 4.26. The number of hydrogen-bond donors (Lipinski definition) is 1. The molecule has 5 heteroatoms. The Bertz CT molecular complexity index is 826. The van der Waals surface area contributed by atoms with Crippen LogP contribution in [0.3, 0.4) is 0 Å². The summed E-state index contributed by atoms with van der Waals surface area (Å²) in [5, 5.41) is 5.80. The molecule has 24 heavy (non-hydrogen) atoms. The first-order valence-electron chi connectivity index (χ1n) is 8.30. The Labute approximate surface area is 141 Å². The van der Waals surface area contributed by atoms with Gasteiger partial charge in [-0.05, 0) is 25.2 Å². The molecule has 0 bridgehead atoms. The molecule has 2 aromatic carbocycles. The second-order valence-corrected chi connectivity index (χ2v) is 6.17. The summed E-state index contributed by atoms with van der Waals surface area (Å²) in [6.07, 6.45) is 3.49. The van der Waals surface area contributed by atoms with E-state index in [9.17, 15) is 0 Å². The molecule has 5 nitrogen and oxygen atoms in total. The Balaban J connectivity index is 1.72. The highest BCUT2D eigenvalue weighted by atomic mass is 15.2. The smallest absolute Gasteiger partial charge is 0.227 e. The van der Waals surface area contributed by atoms with Gasteiger partial charge in [-0.25, -0.2) is 9.97 Å². The number of nitrogens with one attached hydrogen (secondary N) is 1. The van der Waals surface area contributed by atoms with Crippen molar-refractivity contribution >= 4 is 28.1 Å². The van der Waals surface area contributed by atoms with E-state index in [4.69, 9.17) is 0 Å². The van der Waals surface area contributed by atoms with Gasteiger partial charge in [-0.3, -0.25) is 0 Å². The van der Waals surface area contributed by atoms with Gasteiger partial charge in [0.1, 0.15) is 0 Å². The fourth-order valence-electron chi connectivity index (χ4n) is 3.20. The lowest BCUT2D eigenvalue weighted by Gasteiger charge is -2.35. The van der Waals surface area contributed by atoms with Gasteiger partial charge >= 0.3 is 0 Å². The number of rotatable bonds is 3. The molecule has 1 saturated heterocycles. The molecule has 3 aromatic rings. The van der Waals surface area contributed by atoms with Crippen LogP contribution in [0, 0.1) is 0 Å². The predicted molar refractivity (Wildman–Crippen MR) is 99.0 cm³/mol. The average molecular weight is 319 g/mol. The SMILES string of the molecule is CN1CCN(c2ccc(Nc3ncccn3)c3ccccc23)CC1. The minimum absolute atomic E-state index is 0.620. The highest BCUT2D eigenvalue weighted by molar-refractivity contribution is 6.02. The first kappa shape index (κ1) is 14.9. The van der Waals surface area contributed by atoms with E-state index in [1.807, 2.05) is 6.07 Å². The summed E-state index contributed by atoms with van der Waals surface area (Å²) in [6, 6.07) is 14.7. The topological polar surface area (TPSA) is 44.3 Å². The van der Waals surface area contributed by atoms with Crippen molar-refractivity contribution < 1.29 is 0 Å². The number of piperazine rings is 1. The van der Waals surface area contributed by atoms with Crippen molar-refractivity contribution in [1.29, 1.82) is 0 Å². The van der Waals surface area contributed by atoms with Crippen LogP contribution >= 0.6 is 0 Å². The molecule has 1 fully saturated rings. The van der Waals surface area contributed by atoms with Crippen molar-refractivity contribution in [2.24, 2.45) is 0 Å². The molecule has 0 spiro atoms. The number of fused-ring (bicyclic) bond motifs is 1. The molecule has 1 aliphatic rings. The van der Waals surface area contributed by atoms with Crippen LogP contribution < -0.4 is 10.2 Å². The number of nitrogens with zero attached hydrogens (tertiary/aromatic N) is 4. The van der Waals surface area contributed by atoms with E-state index in [1.54, 1.807) is 12.4 Å². The summed E-state index contributed by atoms with van der Waals surface area (Å²) < 4.78 is 0. The van der Waals surface area contributed by atoms with Crippen LogP contribution in [-0.4, -0.2) is 48.1 Å². The van der Waals surface area contributed by atoms with Crippen molar-refractivity contribution in [1.82, 2.24) is 14.9 Å². The van der Waals surface area contributed by atoms with Crippen molar-refractivity contribution in [3.63, 3.8) is 0 Å². The highest BCUT2D eigenvalue weighted by Crippen LogP contribution is 2.33. The number of likely N-dealkylation sites (N-methyl/N-ethyl adjacent to an activating group) is 1. The Morgan fingerprint density at radius 3 is 2.29 bits per heavy atom. The largest absolute Gasteiger partial charge is 0.368 e. The van der Waals surface area contributed by atoms with Gasteiger partial charge in [0.15, 0.2) is 0 Å². The lowest BCUT2D eigenvalue weighted by molar-refractivity contribution is 0.313. The molecule has 4 rings (SSSR count). The van der Waals surface area contributed by atoms with Crippen molar-refractivity contribution in [3.05, 3.63) is 54.9 Å². The molecule has 1 N–H and O–H groups in total. The van der Waals surface area contributed by atoms with E-state index in [0.717, 1.165) is 31.9 Å². The molecule has 0 amide bonds. The molecule has 0 saturated carbocycles. The summed E-state index contributed by atoms with van der Waals surface area (Å²) in [7, 11) is 2.18. The maximum absolute atomic E-state index is 4.26. The molecule has 0 unspecified atom stereocenters. The summed E-state index contributed by atoms with van der Waals surface area (Å²) >= 11 is 0. The first-order chi connectivity index (χ1) is 11.8. The third-order valence-corrected chi connectivity index (χ3v) is 4.56. The van der Waals surface area contributed by atoms with E-state index >= 15 is 0 Å². The van der Waals surface area contributed by atoms with E-state index in [-0.39, 0.29) is 0 Å². The van der Waals surface area contributed by atoms with E-state index < -0.39 is 0 Å². The summed E-state index contributed by atoms with van der Waals surface area (Å²) in [6.45, 7) is 4.34. The Morgan fingerprint density at radius 1 is 0.833 bits per heavy atom. The third kappa shape index (κ3) is 2.90. The monoisotopic (exact) mass is 319 g/mol. The quantitative estimate of drug-likeness (QED) is 0.803. The molecule has 2 heterocycles. The van der Waals surface area contributed by atoms with Crippen molar-refractivity contribution in [3.8, 4) is 0 Å². The van der Waals surface area contributed by atoms with Crippen LogP contribution in [0.2, 0.25) is 0 Å². The average Bonchev–Trinajstić information content (AvgIpc) is 2.64. The van der Waals surface area contributed by atoms with Crippen LogP contribution in [-0.2, 0) is 0 Å². The molecule has 0 atom stereocenters. The lowest BCUT2D eigenvalue weighted by Crippen LogP contribution is -2.44. The maximum Gasteiger partial charge on any atom is 0.227 e. The molecule has 0 aliphatic carbocycles. The molecule has 1 aliphatic heterocycles. The van der Waals surface area contributed by atoms with E-state index in [0.29, 0.717) is 5.95 Å². The zero-order valence-corrected chi connectivity index (χ0v) is 13.8. The fraction of sp³-hybridized carbons (Fsp3) is 0.263. The number of aromatic nitrogens is 2. The number of hydrogen-bond acceptors (Lipinski definition) is 5. The zero-order chi connectivity index (χ0) is 16.4. The predicted octanol–water partition coefficient (Wildman–Crippen LogP) is 3.13. The van der Waals surface area contributed by atoms with Crippen LogP contribution in [0.15, 0.2) is 54.9 Å². The van der Waals surface area contributed by atoms with Crippen LogP contribution in [0.25, 0.3) is 10.8 Å². The minimum atomic E-state index is 0.620. The van der Waals surface area contributed by atoms with Crippen LogP contribution in [0.4, 0.5) is 17.3 Å². The summed E-state index contributed by atoms with van der Waals surface area (Å²) in [4.78, 5) is 13.4. The second kappa shape index (κ2) is 6.45. The van der Waals surface area contributed by atoms with Gasteiger partial charge in [0, 0.05) is 60.7 Å². The third-order valence-electron chi connectivity index (χ3n) is 4.56. The molecule has 1 aromatic heterocycles. The van der Waals surface area contributed by atoms with Gasteiger partial charge < -0.3 is 15.1 Å². The van der Waals surface area contributed by atoms with Gasteiger partial charge in [0.2, 0.25) is 5.95 Å².